The summed E-state index contributed by atoms with van der Waals surface area (Å²) in [4.78, 5) is 4.85. The summed E-state index contributed by atoms with van der Waals surface area (Å²) in [5.74, 6) is 0. The van der Waals surface area contributed by atoms with E-state index in [0.717, 1.165) is 35.1 Å². The predicted octanol–water partition coefficient (Wildman–Crippen LogP) is 2.55. The van der Waals surface area contributed by atoms with Gasteiger partial charge >= 0.3 is 0 Å². The lowest BCUT2D eigenvalue weighted by Gasteiger charge is -2.37. The van der Waals surface area contributed by atoms with Crippen molar-refractivity contribution in [1.82, 2.24) is 15.1 Å². The molecule has 0 bridgehead atoms. The highest BCUT2D eigenvalue weighted by molar-refractivity contribution is 9.13. The van der Waals surface area contributed by atoms with E-state index in [0.29, 0.717) is 6.04 Å². The molecule has 1 aromatic rings. The molecular weight excluding hydrogens is 370 g/mol. The summed E-state index contributed by atoms with van der Waals surface area (Å²) in [6.45, 7) is 5.43. The quantitative estimate of drug-likeness (QED) is 0.852. The molecule has 0 spiro atoms. The average Bonchev–Trinajstić information content (AvgIpc) is 2.38. The third-order valence-corrected chi connectivity index (χ3v) is 5.55. The van der Waals surface area contributed by atoms with Crippen molar-refractivity contribution in [1.29, 1.82) is 0 Å². The number of nitrogens with one attached hydrogen (secondary N) is 1. The molecule has 1 heterocycles. The summed E-state index contributed by atoms with van der Waals surface area (Å²) in [5.41, 5.74) is 1.31. The molecule has 1 N–H and O–H groups in total. The Morgan fingerprint density at radius 3 is 2.74 bits per heavy atom. The zero-order chi connectivity index (χ0) is 13.8. The van der Waals surface area contributed by atoms with Gasteiger partial charge in [0, 0.05) is 47.7 Å². The van der Waals surface area contributed by atoms with Crippen LogP contribution in [0.1, 0.15) is 5.56 Å². The van der Waals surface area contributed by atoms with Gasteiger partial charge in [-0.3, -0.25) is 4.90 Å². The molecule has 1 unspecified atom stereocenters. The van der Waals surface area contributed by atoms with E-state index in [2.05, 4.69) is 79.3 Å². The molecule has 1 aliphatic rings. The standard InChI is InChI=1S/C14H21Br2N3/c1-18-5-6-19(2)12(10-18)9-17-8-11-3-4-13(15)14(16)7-11/h3-4,7,12,17H,5-6,8-10H2,1-2H3. The van der Waals surface area contributed by atoms with Crippen molar-refractivity contribution in [2.45, 2.75) is 12.6 Å². The first-order valence-corrected chi connectivity index (χ1v) is 8.18. The molecule has 2 rings (SSSR count). The number of halogens is 2. The lowest BCUT2D eigenvalue weighted by atomic mass is 10.1. The number of likely N-dealkylation sites (N-methyl/N-ethyl adjacent to an activating group) is 2. The molecule has 0 aromatic heterocycles. The van der Waals surface area contributed by atoms with E-state index < -0.39 is 0 Å². The van der Waals surface area contributed by atoms with Crippen LogP contribution in [-0.4, -0.2) is 56.1 Å². The molecule has 19 heavy (non-hydrogen) atoms. The Morgan fingerprint density at radius 1 is 1.21 bits per heavy atom. The van der Waals surface area contributed by atoms with Gasteiger partial charge in [-0.05, 0) is 63.7 Å². The zero-order valence-corrected chi connectivity index (χ0v) is 14.7. The summed E-state index contributed by atoms with van der Waals surface area (Å²) in [7, 11) is 4.42. The Morgan fingerprint density at radius 2 is 2.00 bits per heavy atom. The van der Waals surface area contributed by atoms with E-state index in [4.69, 9.17) is 0 Å². The van der Waals surface area contributed by atoms with E-state index in [9.17, 15) is 0 Å². The Kier molecular flexibility index (Phi) is 5.84. The smallest absolute Gasteiger partial charge is 0.0345 e. The lowest BCUT2D eigenvalue weighted by Crippen LogP contribution is -2.53. The van der Waals surface area contributed by atoms with Crippen LogP contribution in [0.3, 0.4) is 0 Å². The SMILES string of the molecule is CN1CCN(C)C(CNCc2ccc(Br)c(Br)c2)C1. The van der Waals surface area contributed by atoms with Crippen LogP contribution in [0.15, 0.2) is 27.1 Å². The fourth-order valence-corrected chi connectivity index (χ4v) is 3.03. The minimum atomic E-state index is 0.609. The molecule has 1 aliphatic heterocycles. The first-order valence-electron chi connectivity index (χ1n) is 6.59. The van der Waals surface area contributed by atoms with Crippen molar-refractivity contribution in [2.24, 2.45) is 0 Å². The molecule has 1 aromatic carbocycles. The third-order valence-electron chi connectivity index (χ3n) is 3.67. The van der Waals surface area contributed by atoms with Gasteiger partial charge in [0.25, 0.3) is 0 Å². The third kappa shape index (κ3) is 4.53. The molecule has 3 nitrogen and oxygen atoms in total. The van der Waals surface area contributed by atoms with Crippen LogP contribution in [0.25, 0.3) is 0 Å². The molecule has 0 aliphatic carbocycles. The molecular formula is C14H21Br2N3. The molecule has 1 saturated heterocycles. The van der Waals surface area contributed by atoms with Gasteiger partial charge in [0.2, 0.25) is 0 Å². The maximum absolute atomic E-state index is 3.56. The summed E-state index contributed by atoms with van der Waals surface area (Å²) < 4.78 is 2.21. The first-order chi connectivity index (χ1) is 9.06. The van der Waals surface area contributed by atoms with Crippen LogP contribution in [0.2, 0.25) is 0 Å². The van der Waals surface area contributed by atoms with E-state index >= 15 is 0 Å². The molecule has 0 saturated carbocycles. The second-order valence-electron chi connectivity index (χ2n) is 5.28. The minimum absolute atomic E-state index is 0.609. The summed E-state index contributed by atoms with van der Waals surface area (Å²) in [6.07, 6.45) is 0. The van der Waals surface area contributed by atoms with Crippen molar-refractivity contribution in [3.63, 3.8) is 0 Å². The van der Waals surface area contributed by atoms with Crippen LogP contribution in [0.5, 0.6) is 0 Å². The number of hydrogen-bond acceptors (Lipinski definition) is 3. The van der Waals surface area contributed by atoms with Crippen molar-refractivity contribution in [3.05, 3.63) is 32.7 Å². The summed E-state index contributed by atoms with van der Waals surface area (Å²) >= 11 is 7.04. The van der Waals surface area contributed by atoms with Gasteiger partial charge < -0.3 is 10.2 Å². The number of nitrogens with zero attached hydrogens (tertiary/aromatic N) is 2. The maximum atomic E-state index is 3.56. The Labute approximate surface area is 132 Å². The van der Waals surface area contributed by atoms with Gasteiger partial charge in [0.1, 0.15) is 0 Å². The Balaban J connectivity index is 1.80. The highest BCUT2D eigenvalue weighted by Gasteiger charge is 2.21. The van der Waals surface area contributed by atoms with Crippen molar-refractivity contribution >= 4 is 31.9 Å². The second-order valence-corrected chi connectivity index (χ2v) is 6.98. The van der Waals surface area contributed by atoms with Crippen LogP contribution in [0.4, 0.5) is 0 Å². The zero-order valence-electron chi connectivity index (χ0n) is 11.5. The fraction of sp³-hybridized carbons (Fsp3) is 0.571. The maximum Gasteiger partial charge on any atom is 0.0345 e. The Hall–Kier alpha value is 0.0600. The Bertz CT molecular complexity index is 425. The van der Waals surface area contributed by atoms with Crippen LogP contribution in [-0.2, 0) is 6.54 Å². The monoisotopic (exact) mass is 389 g/mol. The summed E-state index contributed by atoms with van der Waals surface area (Å²) in [6, 6.07) is 7.01. The van der Waals surface area contributed by atoms with E-state index in [1.54, 1.807) is 0 Å². The lowest BCUT2D eigenvalue weighted by molar-refractivity contribution is 0.113. The number of piperazine rings is 1. The molecule has 1 atom stereocenters. The number of benzene rings is 1. The van der Waals surface area contributed by atoms with Crippen LogP contribution in [0, 0.1) is 0 Å². The van der Waals surface area contributed by atoms with E-state index in [1.807, 2.05) is 0 Å². The highest BCUT2D eigenvalue weighted by atomic mass is 79.9. The van der Waals surface area contributed by atoms with E-state index in [1.165, 1.54) is 12.1 Å². The van der Waals surface area contributed by atoms with Crippen molar-refractivity contribution in [3.8, 4) is 0 Å². The molecule has 0 amide bonds. The van der Waals surface area contributed by atoms with Gasteiger partial charge in [0.05, 0.1) is 0 Å². The highest BCUT2D eigenvalue weighted by Crippen LogP contribution is 2.23. The molecule has 106 valence electrons. The first kappa shape index (κ1) is 15.4. The topological polar surface area (TPSA) is 18.5 Å². The largest absolute Gasteiger partial charge is 0.311 e. The minimum Gasteiger partial charge on any atom is -0.311 e. The normalized spacial score (nSPS) is 21.8. The predicted molar refractivity (Wildman–Crippen MR) is 87.5 cm³/mol. The second kappa shape index (κ2) is 7.18. The van der Waals surface area contributed by atoms with Gasteiger partial charge in [-0.15, -0.1) is 0 Å². The molecule has 1 fully saturated rings. The molecule has 0 radical (unpaired) electrons. The number of hydrogen-bond donors (Lipinski definition) is 1. The van der Waals surface area contributed by atoms with Crippen LogP contribution >= 0.6 is 31.9 Å². The summed E-state index contributed by atoms with van der Waals surface area (Å²) in [5, 5.41) is 3.56. The number of rotatable bonds is 4. The molecule has 5 heteroatoms. The van der Waals surface area contributed by atoms with Gasteiger partial charge in [-0.1, -0.05) is 6.07 Å². The fourth-order valence-electron chi connectivity index (χ4n) is 2.35. The van der Waals surface area contributed by atoms with Crippen molar-refractivity contribution < 1.29 is 0 Å². The van der Waals surface area contributed by atoms with Crippen molar-refractivity contribution in [2.75, 3.05) is 40.3 Å². The van der Waals surface area contributed by atoms with Gasteiger partial charge in [0.15, 0.2) is 0 Å². The van der Waals surface area contributed by atoms with Gasteiger partial charge in [-0.2, -0.15) is 0 Å². The van der Waals surface area contributed by atoms with Crippen LogP contribution < -0.4 is 5.32 Å². The van der Waals surface area contributed by atoms with Gasteiger partial charge in [-0.25, -0.2) is 0 Å². The average molecular weight is 391 g/mol. The van der Waals surface area contributed by atoms with E-state index in [-0.39, 0.29) is 0 Å².